The van der Waals surface area contributed by atoms with Gasteiger partial charge >= 0.3 is 0 Å². The number of ether oxygens (including phenoxy) is 1. The van der Waals surface area contributed by atoms with Gasteiger partial charge in [0.2, 0.25) is 0 Å². The monoisotopic (exact) mass is 353 g/mol. The van der Waals surface area contributed by atoms with Crippen LogP contribution in [0.1, 0.15) is 17.3 Å². The zero-order chi connectivity index (χ0) is 15.8. The van der Waals surface area contributed by atoms with Crippen LogP contribution in [0, 0.1) is 0 Å². The van der Waals surface area contributed by atoms with Crippen LogP contribution < -0.4 is 15.8 Å². The number of hydrogen-bond donors (Lipinski definition) is 2. The molecule has 0 saturated carbocycles. The standard InChI is InChI=1S/C16H19N3O2S.ClH/c1-2-22-15-11-12(7-9-18-15)16(20)19-13-3-5-14(6-4-13)21-10-8-17;/h3-7,9,11H,2,8,10,17H2,1H3,(H,19,20);1H. The number of amides is 1. The second-order valence-corrected chi connectivity index (χ2v) is 5.72. The minimum absolute atomic E-state index is 0. The van der Waals surface area contributed by atoms with E-state index in [4.69, 9.17) is 10.5 Å². The molecular formula is C16H20ClN3O2S. The van der Waals surface area contributed by atoms with Crippen LogP contribution in [0.3, 0.4) is 0 Å². The number of pyridine rings is 1. The molecule has 1 heterocycles. The third-order valence-corrected chi connectivity index (χ3v) is 3.60. The Morgan fingerprint density at radius 2 is 2.04 bits per heavy atom. The molecule has 1 amide bonds. The van der Waals surface area contributed by atoms with E-state index in [1.807, 2.05) is 6.92 Å². The number of aromatic nitrogens is 1. The summed E-state index contributed by atoms with van der Waals surface area (Å²) in [5, 5.41) is 3.70. The molecule has 3 N–H and O–H groups in total. The van der Waals surface area contributed by atoms with E-state index in [0.717, 1.165) is 16.5 Å². The van der Waals surface area contributed by atoms with Crippen molar-refractivity contribution in [2.24, 2.45) is 5.73 Å². The number of anilines is 1. The number of nitrogens with one attached hydrogen (secondary N) is 1. The molecule has 0 aliphatic rings. The van der Waals surface area contributed by atoms with Gasteiger partial charge in [0.1, 0.15) is 12.4 Å². The minimum atomic E-state index is -0.157. The predicted octanol–water partition coefficient (Wildman–Crippen LogP) is 3.21. The predicted molar refractivity (Wildman–Crippen MR) is 96.8 cm³/mol. The Kier molecular flexibility index (Phi) is 8.47. The lowest BCUT2D eigenvalue weighted by atomic mass is 10.2. The van der Waals surface area contributed by atoms with Crippen LogP contribution in [0.25, 0.3) is 0 Å². The van der Waals surface area contributed by atoms with Crippen LogP contribution in [0.15, 0.2) is 47.6 Å². The summed E-state index contributed by atoms with van der Waals surface area (Å²) in [6.07, 6.45) is 1.65. The highest BCUT2D eigenvalue weighted by atomic mass is 35.5. The van der Waals surface area contributed by atoms with Crippen LogP contribution in [0.4, 0.5) is 5.69 Å². The number of benzene rings is 1. The van der Waals surface area contributed by atoms with Gasteiger partial charge in [-0.05, 0) is 42.2 Å². The highest BCUT2D eigenvalue weighted by Gasteiger charge is 2.07. The lowest BCUT2D eigenvalue weighted by Gasteiger charge is -2.08. The summed E-state index contributed by atoms with van der Waals surface area (Å²) in [5.74, 6) is 1.49. The van der Waals surface area contributed by atoms with Crippen molar-refractivity contribution in [1.29, 1.82) is 0 Å². The molecule has 124 valence electrons. The molecule has 0 aliphatic carbocycles. The SMILES string of the molecule is CCSc1cc(C(=O)Nc2ccc(OCCN)cc2)ccn1.Cl. The number of hydrogen-bond acceptors (Lipinski definition) is 5. The lowest BCUT2D eigenvalue weighted by molar-refractivity contribution is 0.102. The van der Waals surface area contributed by atoms with E-state index in [-0.39, 0.29) is 18.3 Å². The maximum absolute atomic E-state index is 12.2. The fraction of sp³-hybridized carbons (Fsp3) is 0.250. The average Bonchev–Trinajstić information content (AvgIpc) is 2.55. The van der Waals surface area contributed by atoms with E-state index in [0.29, 0.717) is 24.4 Å². The van der Waals surface area contributed by atoms with Gasteiger partial charge < -0.3 is 15.8 Å². The van der Waals surface area contributed by atoms with E-state index in [9.17, 15) is 4.79 Å². The molecule has 0 bridgehead atoms. The number of nitrogens with two attached hydrogens (primary N) is 1. The molecule has 0 unspecified atom stereocenters. The van der Waals surface area contributed by atoms with Gasteiger partial charge in [-0.15, -0.1) is 24.2 Å². The van der Waals surface area contributed by atoms with E-state index in [1.54, 1.807) is 54.4 Å². The molecular weight excluding hydrogens is 334 g/mol. The zero-order valence-corrected chi connectivity index (χ0v) is 14.5. The van der Waals surface area contributed by atoms with Gasteiger partial charge in [0.05, 0.1) is 5.03 Å². The van der Waals surface area contributed by atoms with Gasteiger partial charge in [-0.3, -0.25) is 4.79 Å². The first-order valence-electron chi connectivity index (χ1n) is 7.06. The Morgan fingerprint density at radius 3 is 2.70 bits per heavy atom. The molecule has 0 fully saturated rings. The molecule has 2 aromatic rings. The summed E-state index contributed by atoms with van der Waals surface area (Å²) in [4.78, 5) is 16.4. The van der Waals surface area contributed by atoms with Crippen LogP contribution >= 0.6 is 24.2 Å². The van der Waals surface area contributed by atoms with Crippen molar-refractivity contribution >= 4 is 35.8 Å². The minimum Gasteiger partial charge on any atom is -0.492 e. The van der Waals surface area contributed by atoms with Crippen LogP contribution in [-0.4, -0.2) is 29.8 Å². The van der Waals surface area contributed by atoms with Crippen molar-refractivity contribution in [2.45, 2.75) is 11.9 Å². The molecule has 0 radical (unpaired) electrons. The fourth-order valence-electron chi connectivity index (χ4n) is 1.79. The van der Waals surface area contributed by atoms with Gasteiger partial charge in [-0.1, -0.05) is 6.92 Å². The third kappa shape index (κ3) is 6.09. The average molecular weight is 354 g/mol. The molecule has 1 aromatic heterocycles. The van der Waals surface area contributed by atoms with E-state index in [1.165, 1.54) is 0 Å². The topological polar surface area (TPSA) is 77.2 Å². The summed E-state index contributed by atoms with van der Waals surface area (Å²) in [7, 11) is 0. The van der Waals surface area contributed by atoms with E-state index in [2.05, 4.69) is 10.3 Å². The van der Waals surface area contributed by atoms with Crippen molar-refractivity contribution in [1.82, 2.24) is 4.98 Å². The molecule has 0 aliphatic heterocycles. The Hall–Kier alpha value is -1.76. The lowest BCUT2D eigenvalue weighted by Crippen LogP contribution is -2.12. The summed E-state index contributed by atoms with van der Waals surface area (Å²) in [5.41, 5.74) is 6.69. The molecule has 0 atom stereocenters. The normalized spacial score (nSPS) is 9.83. The molecule has 0 spiro atoms. The second kappa shape index (κ2) is 10.1. The first-order valence-corrected chi connectivity index (χ1v) is 8.04. The first-order chi connectivity index (χ1) is 10.7. The van der Waals surface area contributed by atoms with Gasteiger partial charge in [-0.25, -0.2) is 4.98 Å². The van der Waals surface area contributed by atoms with Crippen molar-refractivity contribution in [2.75, 3.05) is 24.2 Å². The third-order valence-electron chi connectivity index (χ3n) is 2.79. The number of rotatable bonds is 7. The van der Waals surface area contributed by atoms with Crippen LogP contribution in [-0.2, 0) is 0 Å². The van der Waals surface area contributed by atoms with Gasteiger partial charge in [-0.2, -0.15) is 0 Å². The second-order valence-electron chi connectivity index (χ2n) is 4.43. The number of thioether (sulfide) groups is 1. The van der Waals surface area contributed by atoms with Gasteiger partial charge in [0.15, 0.2) is 0 Å². The smallest absolute Gasteiger partial charge is 0.255 e. The van der Waals surface area contributed by atoms with Crippen LogP contribution in [0.2, 0.25) is 0 Å². The molecule has 1 aromatic carbocycles. The van der Waals surface area contributed by atoms with Crippen LogP contribution in [0.5, 0.6) is 5.75 Å². The number of carbonyl (C=O) groups is 1. The maximum Gasteiger partial charge on any atom is 0.255 e. The summed E-state index contributed by atoms with van der Waals surface area (Å²) in [6.45, 7) is 2.99. The summed E-state index contributed by atoms with van der Waals surface area (Å²) >= 11 is 1.60. The summed E-state index contributed by atoms with van der Waals surface area (Å²) < 4.78 is 5.39. The molecule has 5 nitrogen and oxygen atoms in total. The van der Waals surface area contributed by atoms with Gasteiger partial charge in [0, 0.05) is 24.0 Å². The number of carbonyl (C=O) groups excluding carboxylic acids is 1. The Bertz CT molecular complexity index is 623. The van der Waals surface area contributed by atoms with Crippen molar-refractivity contribution < 1.29 is 9.53 Å². The molecule has 0 saturated heterocycles. The fourth-order valence-corrected chi connectivity index (χ4v) is 2.43. The molecule has 23 heavy (non-hydrogen) atoms. The zero-order valence-electron chi connectivity index (χ0n) is 12.8. The quantitative estimate of drug-likeness (QED) is 0.747. The Balaban J connectivity index is 0.00000264. The van der Waals surface area contributed by atoms with Crippen molar-refractivity contribution in [3.8, 4) is 5.75 Å². The molecule has 2 rings (SSSR count). The Labute approximate surface area is 146 Å². The Morgan fingerprint density at radius 1 is 1.30 bits per heavy atom. The highest BCUT2D eigenvalue weighted by Crippen LogP contribution is 2.18. The van der Waals surface area contributed by atoms with E-state index < -0.39 is 0 Å². The van der Waals surface area contributed by atoms with E-state index >= 15 is 0 Å². The number of halogens is 1. The largest absolute Gasteiger partial charge is 0.492 e. The summed E-state index contributed by atoms with van der Waals surface area (Å²) in [6, 6.07) is 10.7. The number of nitrogens with zero attached hydrogens (tertiary/aromatic N) is 1. The van der Waals surface area contributed by atoms with Gasteiger partial charge in [0.25, 0.3) is 5.91 Å². The van der Waals surface area contributed by atoms with Crippen molar-refractivity contribution in [3.05, 3.63) is 48.2 Å². The molecule has 7 heteroatoms. The van der Waals surface area contributed by atoms with Crippen molar-refractivity contribution in [3.63, 3.8) is 0 Å². The maximum atomic E-state index is 12.2. The first kappa shape index (κ1) is 19.3. The highest BCUT2D eigenvalue weighted by molar-refractivity contribution is 7.99.